The summed E-state index contributed by atoms with van der Waals surface area (Å²) in [6, 6.07) is 5.74. The van der Waals surface area contributed by atoms with Gasteiger partial charge in [-0.2, -0.15) is 5.10 Å². The number of allylic oxidation sites excluding steroid dienone is 1. The molecule has 3 atom stereocenters. The van der Waals surface area contributed by atoms with E-state index < -0.39 is 18.3 Å². The molecule has 1 aromatic carbocycles. The molecular formula is C18H17Cl2F2N3O. The Labute approximate surface area is 159 Å². The van der Waals surface area contributed by atoms with Gasteiger partial charge in [0.25, 0.3) is 6.43 Å². The fourth-order valence-corrected chi connectivity index (χ4v) is 4.83. The van der Waals surface area contributed by atoms with Crippen LogP contribution in [0.2, 0.25) is 0 Å². The van der Waals surface area contributed by atoms with Crippen molar-refractivity contribution >= 4 is 28.9 Å². The topological polar surface area (TPSA) is 50.1 Å². The average Bonchev–Trinajstić information content (AvgIpc) is 3.26. The second-order valence-corrected chi connectivity index (χ2v) is 7.65. The molecule has 0 radical (unpaired) electrons. The highest BCUT2D eigenvalue weighted by Crippen LogP contribution is 2.60. The van der Waals surface area contributed by atoms with Gasteiger partial charge in [-0.05, 0) is 35.6 Å². The number of aryl methyl sites for hydroxylation is 1. The minimum Gasteiger partial charge on any atom is -0.369 e. The first kappa shape index (κ1) is 17.8. The maximum absolute atomic E-state index is 13.2. The van der Waals surface area contributed by atoms with Gasteiger partial charge in [0.15, 0.2) is 6.23 Å². The Hall–Kier alpha value is -1.63. The fourth-order valence-electron chi connectivity index (χ4n) is 4.30. The number of nitrogens with one attached hydrogen (secondary N) is 1. The van der Waals surface area contributed by atoms with E-state index in [-0.39, 0.29) is 17.4 Å². The maximum atomic E-state index is 13.2. The van der Waals surface area contributed by atoms with E-state index >= 15 is 0 Å². The molecule has 1 fully saturated rings. The molecule has 8 heteroatoms. The lowest BCUT2D eigenvalue weighted by molar-refractivity contribution is 0.136. The average molecular weight is 400 g/mol. The van der Waals surface area contributed by atoms with Gasteiger partial charge in [-0.3, -0.25) is 4.68 Å². The van der Waals surface area contributed by atoms with Gasteiger partial charge >= 0.3 is 0 Å². The minimum absolute atomic E-state index is 0.0643. The van der Waals surface area contributed by atoms with Crippen molar-refractivity contribution in [3.63, 3.8) is 0 Å². The highest BCUT2D eigenvalue weighted by molar-refractivity contribution is 6.56. The van der Waals surface area contributed by atoms with Crippen LogP contribution < -0.4 is 5.32 Å². The molecule has 2 aromatic rings. The van der Waals surface area contributed by atoms with Crippen LogP contribution in [-0.4, -0.2) is 14.9 Å². The quantitative estimate of drug-likeness (QED) is 0.701. The van der Waals surface area contributed by atoms with Crippen LogP contribution in [0.25, 0.3) is 0 Å². The van der Waals surface area contributed by atoms with Crippen molar-refractivity contribution in [3.8, 4) is 0 Å². The van der Waals surface area contributed by atoms with Gasteiger partial charge in [0.2, 0.25) is 0 Å². The van der Waals surface area contributed by atoms with Crippen molar-refractivity contribution in [2.75, 3.05) is 5.32 Å². The first-order valence-corrected chi connectivity index (χ1v) is 9.08. The molecule has 2 aliphatic carbocycles. The summed E-state index contributed by atoms with van der Waals surface area (Å²) in [5.74, 6) is 0.285. The molecule has 26 heavy (non-hydrogen) atoms. The third kappa shape index (κ3) is 2.71. The Bertz CT molecular complexity index is 893. The molecule has 138 valence electrons. The Balaban J connectivity index is 1.70. The molecular weight excluding hydrogens is 383 g/mol. The fraction of sp³-hybridized carbons (Fsp3) is 0.389. The zero-order valence-corrected chi connectivity index (χ0v) is 15.4. The lowest BCUT2D eigenvalue weighted by atomic mass is 9.90. The summed E-state index contributed by atoms with van der Waals surface area (Å²) in [5, 5.41) is 17.2. The third-order valence-corrected chi connectivity index (χ3v) is 5.69. The number of anilines is 1. The largest absolute Gasteiger partial charge is 0.369 e. The van der Waals surface area contributed by atoms with Crippen LogP contribution in [0.4, 0.5) is 14.5 Å². The number of aliphatic hydroxyl groups is 1. The van der Waals surface area contributed by atoms with Crippen LogP contribution in [0.3, 0.4) is 0 Å². The van der Waals surface area contributed by atoms with E-state index in [1.807, 2.05) is 18.2 Å². The molecule has 0 aliphatic heterocycles. The number of aromatic nitrogens is 2. The standard InChI is InChI=1S/C18H17Cl2F2N3O/c1-25-7-11(15(24-25)17(21)22)18(26)23-12-4-2-3-8-9-5-6-10(13(8)12)14(9)16(19)20/h2-4,7,9-10,17-18,23,26H,5-6H2,1H3. The lowest BCUT2D eigenvalue weighted by Gasteiger charge is -2.22. The predicted molar refractivity (Wildman–Crippen MR) is 96.6 cm³/mol. The van der Waals surface area contributed by atoms with Gasteiger partial charge in [-0.1, -0.05) is 35.3 Å². The van der Waals surface area contributed by atoms with Gasteiger partial charge < -0.3 is 10.4 Å². The first-order chi connectivity index (χ1) is 12.4. The van der Waals surface area contributed by atoms with Gasteiger partial charge in [0.1, 0.15) is 10.2 Å². The first-order valence-electron chi connectivity index (χ1n) is 8.32. The summed E-state index contributed by atoms with van der Waals surface area (Å²) in [4.78, 5) is 0. The number of aliphatic hydroxyl groups excluding tert-OH is 1. The van der Waals surface area contributed by atoms with Crippen molar-refractivity contribution in [2.45, 2.75) is 37.3 Å². The van der Waals surface area contributed by atoms with Gasteiger partial charge in [-0.25, -0.2) is 8.78 Å². The summed E-state index contributed by atoms with van der Waals surface area (Å²) in [6.45, 7) is 0. The molecule has 2 aliphatic rings. The molecule has 4 rings (SSSR count). The van der Waals surface area contributed by atoms with E-state index in [1.54, 1.807) is 7.05 Å². The third-order valence-electron chi connectivity index (χ3n) is 5.26. The number of benzene rings is 1. The van der Waals surface area contributed by atoms with E-state index in [0.717, 1.165) is 29.5 Å². The van der Waals surface area contributed by atoms with Crippen molar-refractivity contribution in [1.82, 2.24) is 9.78 Å². The summed E-state index contributed by atoms with van der Waals surface area (Å²) in [7, 11) is 1.54. The van der Waals surface area contributed by atoms with Crippen LogP contribution in [-0.2, 0) is 7.05 Å². The predicted octanol–water partition coefficient (Wildman–Crippen LogP) is 5.12. The second kappa shape index (κ2) is 6.51. The number of hydrogen-bond acceptors (Lipinski definition) is 3. The molecule has 0 amide bonds. The van der Waals surface area contributed by atoms with Crippen molar-refractivity contribution in [2.24, 2.45) is 7.05 Å². The summed E-state index contributed by atoms with van der Waals surface area (Å²) < 4.78 is 27.9. The highest BCUT2D eigenvalue weighted by Gasteiger charge is 2.44. The van der Waals surface area contributed by atoms with Crippen molar-refractivity contribution < 1.29 is 13.9 Å². The molecule has 1 heterocycles. The van der Waals surface area contributed by atoms with E-state index in [4.69, 9.17) is 23.2 Å². The van der Waals surface area contributed by atoms with Gasteiger partial charge in [-0.15, -0.1) is 0 Å². The number of fused-ring (bicyclic) bond motifs is 5. The number of alkyl halides is 2. The lowest BCUT2D eigenvalue weighted by Crippen LogP contribution is -2.14. The molecule has 1 saturated carbocycles. The molecule has 2 bridgehead atoms. The zero-order valence-electron chi connectivity index (χ0n) is 13.9. The molecule has 2 N–H and O–H groups in total. The van der Waals surface area contributed by atoms with Gasteiger partial charge in [0, 0.05) is 36.3 Å². The smallest absolute Gasteiger partial charge is 0.282 e. The normalized spacial score (nSPS) is 22.0. The minimum atomic E-state index is -2.76. The molecule has 0 spiro atoms. The van der Waals surface area contributed by atoms with Crippen molar-refractivity contribution in [3.05, 3.63) is 56.8 Å². The monoisotopic (exact) mass is 399 g/mol. The molecule has 3 unspecified atom stereocenters. The molecule has 4 nitrogen and oxygen atoms in total. The van der Waals surface area contributed by atoms with Crippen LogP contribution in [0.15, 0.2) is 34.5 Å². The Morgan fingerprint density at radius 1 is 1.31 bits per heavy atom. The molecule has 1 aromatic heterocycles. The SMILES string of the molecule is Cn1cc(C(O)Nc2cccc3c2C2CCC3C2=C(Cl)Cl)c(C(F)F)n1. The zero-order chi connectivity index (χ0) is 18.6. The maximum Gasteiger partial charge on any atom is 0.282 e. The van der Waals surface area contributed by atoms with Crippen LogP contribution >= 0.6 is 23.2 Å². The summed E-state index contributed by atoms with van der Waals surface area (Å²) >= 11 is 12.2. The van der Waals surface area contributed by atoms with Crippen LogP contribution in [0.5, 0.6) is 0 Å². The van der Waals surface area contributed by atoms with E-state index in [9.17, 15) is 13.9 Å². The summed E-state index contributed by atoms with van der Waals surface area (Å²) in [5.41, 5.74) is 3.53. The van der Waals surface area contributed by atoms with E-state index in [0.29, 0.717) is 10.2 Å². The van der Waals surface area contributed by atoms with Crippen LogP contribution in [0, 0.1) is 0 Å². The van der Waals surface area contributed by atoms with Gasteiger partial charge in [0.05, 0.1) is 0 Å². The number of hydrogen-bond donors (Lipinski definition) is 2. The second-order valence-electron chi connectivity index (χ2n) is 6.70. The Morgan fingerprint density at radius 3 is 2.73 bits per heavy atom. The number of rotatable bonds is 4. The highest BCUT2D eigenvalue weighted by atomic mass is 35.5. The number of halogens is 4. The Kier molecular flexibility index (Phi) is 4.45. The van der Waals surface area contributed by atoms with E-state index in [1.165, 1.54) is 10.9 Å². The van der Waals surface area contributed by atoms with Crippen molar-refractivity contribution in [1.29, 1.82) is 0 Å². The van der Waals surface area contributed by atoms with Crippen LogP contribution in [0.1, 0.15) is 59.7 Å². The molecule has 0 saturated heterocycles. The summed E-state index contributed by atoms with van der Waals surface area (Å²) in [6.07, 6.45) is -0.739. The number of nitrogens with zero attached hydrogens (tertiary/aromatic N) is 2. The van der Waals surface area contributed by atoms with E-state index in [2.05, 4.69) is 10.4 Å². The Morgan fingerprint density at radius 2 is 2.04 bits per heavy atom.